The van der Waals surface area contributed by atoms with Crippen LogP contribution in [0.5, 0.6) is 11.5 Å². The number of fused-ring (bicyclic) bond motifs is 1. The number of H-pyrrole nitrogens is 1. The van der Waals surface area contributed by atoms with Gasteiger partial charge in [0.15, 0.2) is 11.5 Å². The van der Waals surface area contributed by atoms with Crippen molar-refractivity contribution in [3.8, 4) is 11.5 Å². The Balaban J connectivity index is 1.84. The molecule has 22 heavy (non-hydrogen) atoms. The Bertz CT molecular complexity index is 826. The Morgan fingerprint density at radius 3 is 2.68 bits per heavy atom. The Labute approximate surface area is 127 Å². The fraction of sp³-hybridized carbons (Fsp3) is 0.125. The molecule has 0 atom stereocenters. The minimum Gasteiger partial charge on any atom is -0.493 e. The van der Waals surface area contributed by atoms with Crippen LogP contribution in [0.1, 0.15) is 10.4 Å². The van der Waals surface area contributed by atoms with Crippen molar-refractivity contribution in [2.75, 3.05) is 19.5 Å². The number of aromatic nitrogens is 2. The van der Waals surface area contributed by atoms with Crippen LogP contribution in [0.25, 0.3) is 11.0 Å². The summed E-state index contributed by atoms with van der Waals surface area (Å²) in [4.78, 5) is 19.4. The number of amides is 1. The van der Waals surface area contributed by atoms with E-state index in [1.165, 1.54) is 0 Å². The monoisotopic (exact) mass is 297 g/mol. The first-order chi connectivity index (χ1) is 10.7. The van der Waals surface area contributed by atoms with Gasteiger partial charge in [0.05, 0.1) is 31.6 Å². The second-order valence-electron chi connectivity index (χ2n) is 4.66. The summed E-state index contributed by atoms with van der Waals surface area (Å²) in [6.45, 7) is 0. The summed E-state index contributed by atoms with van der Waals surface area (Å²) in [5.74, 6) is 0.965. The number of nitrogens with one attached hydrogen (secondary N) is 2. The van der Waals surface area contributed by atoms with Gasteiger partial charge in [-0.25, -0.2) is 4.98 Å². The number of hydrogen-bond acceptors (Lipinski definition) is 4. The number of ether oxygens (including phenoxy) is 2. The number of imidazole rings is 1. The second kappa shape index (κ2) is 5.77. The summed E-state index contributed by atoms with van der Waals surface area (Å²) in [7, 11) is 3.12. The van der Waals surface area contributed by atoms with Crippen molar-refractivity contribution >= 4 is 22.6 Å². The lowest BCUT2D eigenvalue weighted by atomic mass is 10.2. The van der Waals surface area contributed by atoms with Gasteiger partial charge in [0.2, 0.25) is 0 Å². The molecule has 2 N–H and O–H groups in total. The average Bonchev–Trinajstić information content (AvgIpc) is 3.02. The molecule has 3 rings (SSSR count). The first-order valence-corrected chi connectivity index (χ1v) is 6.68. The zero-order valence-corrected chi connectivity index (χ0v) is 12.2. The van der Waals surface area contributed by atoms with Gasteiger partial charge in [-0.1, -0.05) is 0 Å². The summed E-state index contributed by atoms with van der Waals surface area (Å²) >= 11 is 0. The SMILES string of the molecule is COc1ccc(NC(=O)c2ccc3nc[nH]c3c2)cc1OC. The lowest BCUT2D eigenvalue weighted by molar-refractivity contribution is 0.102. The standard InChI is InChI=1S/C16H15N3O3/c1-21-14-6-4-11(8-15(14)22-2)19-16(20)10-3-5-12-13(7-10)18-9-17-12/h3-9H,1-2H3,(H,17,18)(H,19,20). The molecule has 6 nitrogen and oxygen atoms in total. The van der Waals surface area contributed by atoms with E-state index in [-0.39, 0.29) is 5.91 Å². The van der Waals surface area contributed by atoms with Crippen LogP contribution in [-0.2, 0) is 0 Å². The molecule has 0 aliphatic rings. The number of nitrogens with zero attached hydrogens (tertiary/aromatic N) is 1. The molecule has 3 aromatic rings. The number of anilines is 1. The third-order valence-electron chi connectivity index (χ3n) is 3.32. The number of benzene rings is 2. The van der Waals surface area contributed by atoms with Crippen LogP contribution in [0.15, 0.2) is 42.7 Å². The first-order valence-electron chi connectivity index (χ1n) is 6.68. The molecule has 0 aliphatic heterocycles. The summed E-state index contributed by atoms with van der Waals surface area (Å²) in [5, 5.41) is 2.83. The molecule has 0 saturated heterocycles. The molecule has 112 valence electrons. The van der Waals surface area contributed by atoms with E-state index in [1.807, 2.05) is 0 Å². The lowest BCUT2D eigenvalue weighted by Crippen LogP contribution is -2.11. The second-order valence-corrected chi connectivity index (χ2v) is 4.66. The Morgan fingerprint density at radius 1 is 1.09 bits per heavy atom. The van der Waals surface area contributed by atoms with Crippen molar-refractivity contribution in [3.05, 3.63) is 48.3 Å². The highest BCUT2D eigenvalue weighted by atomic mass is 16.5. The molecule has 0 saturated carbocycles. The van der Waals surface area contributed by atoms with Crippen LogP contribution >= 0.6 is 0 Å². The van der Waals surface area contributed by atoms with E-state index in [9.17, 15) is 4.79 Å². The number of hydrogen-bond donors (Lipinski definition) is 2. The van der Waals surface area contributed by atoms with E-state index < -0.39 is 0 Å². The largest absolute Gasteiger partial charge is 0.493 e. The first kappa shape index (κ1) is 13.9. The average molecular weight is 297 g/mol. The summed E-state index contributed by atoms with van der Waals surface area (Å²) in [6.07, 6.45) is 1.60. The fourth-order valence-corrected chi connectivity index (χ4v) is 2.19. The normalized spacial score (nSPS) is 10.5. The molecule has 6 heteroatoms. The zero-order chi connectivity index (χ0) is 15.5. The highest BCUT2D eigenvalue weighted by Crippen LogP contribution is 2.30. The molecule has 0 radical (unpaired) electrons. The van der Waals surface area contributed by atoms with Crippen molar-refractivity contribution in [2.24, 2.45) is 0 Å². The smallest absolute Gasteiger partial charge is 0.255 e. The molecule has 2 aromatic carbocycles. The third-order valence-corrected chi connectivity index (χ3v) is 3.32. The van der Waals surface area contributed by atoms with Gasteiger partial charge in [0.1, 0.15) is 0 Å². The molecule has 1 aromatic heterocycles. The Hall–Kier alpha value is -3.02. The van der Waals surface area contributed by atoms with E-state index in [0.717, 1.165) is 11.0 Å². The van der Waals surface area contributed by atoms with Crippen molar-refractivity contribution in [1.29, 1.82) is 0 Å². The molecule has 0 spiro atoms. The number of methoxy groups -OCH3 is 2. The van der Waals surface area contributed by atoms with Crippen molar-refractivity contribution < 1.29 is 14.3 Å². The quantitative estimate of drug-likeness (QED) is 0.776. The van der Waals surface area contributed by atoms with Crippen molar-refractivity contribution in [1.82, 2.24) is 9.97 Å². The third kappa shape index (κ3) is 2.58. The summed E-state index contributed by atoms with van der Waals surface area (Å²) in [5.41, 5.74) is 2.82. The summed E-state index contributed by atoms with van der Waals surface area (Å²) in [6, 6.07) is 10.5. The fourth-order valence-electron chi connectivity index (χ4n) is 2.19. The Morgan fingerprint density at radius 2 is 1.91 bits per heavy atom. The van der Waals surface area contributed by atoms with Gasteiger partial charge in [-0.15, -0.1) is 0 Å². The number of carbonyl (C=O) groups excluding carboxylic acids is 1. The molecular formula is C16H15N3O3. The van der Waals surface area contributed by atoms with Crippen LogP contribution < -0.4 is 14.8 Å². The van der Waals surface area contributed by atoms with Crippen LogP contribution in [0.4, 0.5) is 5.69 Å². The van der Waals surface area contributed by atoms with Gasteiger partial charge < -0.3 is 19.8 Å². The maximum atomic E-state index is 12.3. The van der Waals surface area contributed by atoms with E-state index in [4.69, 9.17) is 9.47 Å². The number of carbonyl (C=O) groups is 1. The van der Waals surface area contributed by atoms with Gasteiger partial charge in [-0.3, -0.25) is 4.79 Å². The van der Waals surface area contributed by atoms with Crippen molar-refractivity contribution in [2.45, 2.75) is 0 Å². The molecular weight excluding hydrogens is 282 g/mol. The van der Waals surface area contributed by atoms with E-state index in [2.05, 4.69) is 15.3 Å². The van der Waals surface area contributed by atoms with E-state index in [1.54, 1.807) is 56.9 Å². The molecule has 0 aliphatic carbocycles. The van der Waals surface area contributed by atoms with E-state index in [0.29, 0.717) is 22.7 Å². The number of aromatic amines is 1. The van der Waals surface area contributed by atoms with Gasteiger partial charge in [0.25, 0.3) is 5.91 Å². The molecule has 0 fully saturated rings. The molecule has 0 bridgehead atoms. The maximum Gasteiger partial charge on any atom is 0.255 e. The minimum atomic E-state index is -0.205. The summed E-state index contributed by atoms with van der Waals surface area (Å²) < 4.78 is 10.4. The minimum absolute atomic E-state index is 0.205. The Kier molecular flexibility index (Phi) is 3.65. The van der Waals surface area contributed by atoms with Gasteiger partial charge in [-0.2, -0.15) is 0 Å². The van der Waals surface area contributed by atoms with Crippen LogP contribution in [0.2, 0.25) is 0 Å². The van der Waals surface area contributed by atoms with Crippen LogP contribution in [0, 0.1) is 0 Å². The zero-order valence-electron chi connectivity index (χ0n) is 12.2. The maximum absolute atomic E-state index is 12.3. The predicted octanol–water partition coefficient (Wildman–Crippen LogP) is 2.83. The molecule has 1 heterocycles. The van der Waals surface area contributed by atoms with Crippen LogP contribution in [-0.4, -0.2) is 30.1 Å². The van der Waals surface area contributed by atoms with E-state index >= 15 is 0 Å². The van der Waals surface area contributed by atoms with Crippen LogP contribution in [0.3, 0.4) is 0 Å². The highest BCUT2D eigenvalue weighted by Gasteiger charge is 2.10. The number of rotatable bonds is 4. The van der Waals surface area contributed by atoms with Gasteiger partial charge in [-0.05, 0) is 30.3 Å². The molecule has 0 unspecified atom stereocenters. The predicted molar refractivity (Wildman–Crippen MR) is 83.6 cm³/mol. The molecule has 1 amide bonds. The lowest BCUT2D eigenvalue weighted by Gasteiger charge is -2.10. The van der Waals surface area contributed by atoms with Gasteiger partial charge in [0, 0.05) is 17.3 Å². The highest BCUT2D eigenvalue weighted by molar-refractivity contribution is 6.06. The topological polar surface area (TPSA) is 76.2 Å². The van der Waals surface area contributed by atoms with Crippen molar-refractivity contribution in [3.63, 3.8) is 0 Å². The van der Waals surface area contributed by atoms with Gasteiger partial charge >= 0.3 is 0 Å².